The van der Waals surface area contributed by atoms with Crippen molar-refractivity contribution in [3.63, 3.8) is 0 Å². The van der Waals surface area contributed by atoms with Gasteiger partial charge < -0.3 is 10.0 Å². The van der Waals surface area contributed by atoms with Crippen LogP contribution in [0.15, 0.2) is 36.5 Å². The minimum atomic E-state index is -0.612. The number of fused-ring (bicyclic) bond motifs is 1. The summed E-state index contributed by atoms with van der Waals surface area (Å²) in [4.78, 5) is 6.85. The van der Waals surface area contributed by atoms with Gasteiger partial charge in [-0.2, -0.15) is 0 Å². The van der Waals surface area contributed by atoms with E-state index in [0.29, 0.717) is 5.92 Å². The third-order valence-electron chi connectivity index (χ3n) is 4.14. The number of rotatable bonds is 2. The second-order valence-corrected chi connectivity index (χ2v) is 5.94. The van der Waals surface area contributed by atoms with Crippen LogP contribution in [0.1, 0.15) is 20.3 Å². The lowest BCUT2D eigenvalue weighted by Crippen LogP contribution is -2.33. The van der Waals surface area contributed by atoms with Crippen molar-refractivity contribution in [2.24, 2.45) is 5.92 Å². The fourth-order valence-corrected chi connectivity index (χ4v) is 2.88. The maximum Gasteiger partial charge on any atom is 0.136 e. The topological polar surface area (TPSA) is 36.4 Å². The number of hydrogen-bond donors (Lipinski definition) is 1. The Bertz CT molecular complexity index is 583. The minimum Gasteiger partial charge on any atom is -0.390 e. The van der Waals surface area contributed by atoms with E-state index in [2.05, 4.69) is 34.1 Å². The smallest absolute Gasteiger partial charge is 0.136 e. The molecule has 1 N–H and O–H groups in total. The SMILES string of the molecule is CC(C)(O)C1CCN(c2nccc3ccccc23)C1. The molecule has 0 spiro atoms. The molecule has 0 amide bonds. The highest BCUT2D eigenvalue weighted by atomic mass is 16.3. The Balaban J connectivity index is 1.94. The van der Waals surface area contributed by atoms with Crippen LogP contribution in [-0.2, 0) is 0 Å². The van der Waals surface area contributed by atoms with Gasteiger partial charge in [0, 0.05) is 30.6 Å². The zero-order chi connectivity index (χ0) is 13.5. The summed E-state index contributed by atoms with van der Waals surface area (Å²) in [6, 6.07) is 10.4. The van der Waals surface area contributed by atoms with Crippen molar-refractivity contribution >= 4 is 16.6 Å². The number of benzene rings is 1. The van der Waals surface area contributed by atoms with E-state index >= 15 is 0 Å². The fraction of sp³-hybridized carbons (Fsp3) is 0.438. The molecule has 0 aliphatic carbocycles. The molecule has 3 nitrogen and oxygen atoms in total. The van der Waals surface area contributed by atoms with Crippen molar-refractivity contribution in [3.05, 3.63) is 36.5 Å². The van der Waals surface area contributed by atoms with Crippen LogP contribution in [0.25, 0.3) is 10.8 Å². The largest absolute Gasteiger partial charge is 0.390 e. The summed E-state index contributed by atoms with van der Waals surface area (Å²) in [5.74, 6) is 1.36. The van der Waals surface area contributed by atoms with Crippen LogP contribution in [-0.4, -0.2) is 28.8 Å². The second kappa shape index (κ2) is 4.49. The predicted molar refractivity (Wildman–Crippen MR) is 78.4 cm³/mol. The van der Waals surface area contributed by atoms with Gasteiger partial charge in [0.15, 0.2) is 0 Å². The molecule has 0 saturated carbocycles. The van der Waals surface area contributed by atoms with E-state index in [1.807, 2.05) is 26.1 Å². The van der Waals surface area contributed by atoms with Crippen LogP contribution in [0, 0.1) is 5.92 Å². The molecule has 19 heavy (non-hydrogen) atoms. The first-order valence-electron chi connectivity index (χ1n) is 6.87. The fourth-order valence-electron chi connectivity index (χ4n) is 2.88. The van der Waals surface area contributed by atoms with Crippen molar-refractivity contribution in [1.29, 1.82) is 0 Å². The Hall–Kier alpha value is -1.61. The molecule has 1 aromatic heterocycles. The average molecular weight is 256 g/mol. The van der Waals surface area contributed by atoms with E-state index in [9.17, 15) is 5.11 Å². The number of pyridine rings is 1. The third-order valence-corrected chi connectivity index (χ3v) is 4.14. The summed E-state index contributed by atoms with van der Waals surface area (Å²) in [7, 11) is 0. The molecule has 1 unspecified atom stereocenters. The van der Waals surface area contributed by atoms with Gasteiger partial charge in [-0.15, -0.1) is 0 Å². The van der Waals surface area contributed by atoms with E-state index in [0.717, 1.165) is 25.3 Å². The Morgan fingerprint density at radius 1 is 1.26 bits per heavy atom. The highest BCUT2D eigenvalue weighted by molar-refractivity contribution is 5.92. The first-order chi connectivity index (χ1) is 9.05. The van der Waals surface area contributed by atoms with E-state index in [1.54, 1.807) is 0 Å². The van der Waals surface area contributed by atoms with Crippen LogP contribution in [0.2, 0.25) is 0 Å². The highest BCUT2D eigenvalue weighted by Crippen LogP contribution is 2.32. The Kier molecular flexibility index (Phi) is 2.94. The van der Waals surface area contributed by atoms with Gasteiger partial charge in [0.25, 0.3) is 0 Å². The van der Waals surface area contributed by atoms with Crippen molar-refractivity contribution < 1.29 is 5.11 Å². The molecule has 1 fully saturated rings. The summed E-state index contributed by atoms with van der Waals surface area (Å²) < 4.78 is 0. The second-order valence-electron chi connectivity index (χ2n) is 5.94. The van der Waals surface area contributed by atoms with Crippen LogP contribution >= 0.6 is 0 Å². The number of aliphatic hydroxyl groups is 1. The number of hydrogen-bond acceptors (Lipinski definition) is 3. The summed E-state index contributed by atoms with van der Waals surface area (Å²) >= 11 is 0. The first-order valence-corrected chi connectivity index (χ1v) is 6.87. The number of anilines is 1. The van der Waals surface area contributed by atoms with Gasteiger partial charge in [-0.1, -0.05) is 24.3 Å². The lowest BCUT2D eigenvalue weighted by Gasteiger charge is -2.26. The molecule has 1 saturated heterocycles. The van der Waals surface area contributed by atoms with E-state index in [1.165, 1.54) is 10.8 Å². The molecule has 1 aromatic carbocycles. The highest BCUT2D eigenvalue weighted by Gasteiger charge is 2.34. The number of nitrogens with zero attached hydrogens (tertiary/aromatic N) is 2. The average Bonchev–Trinajstić information content (AvgIpc) is 2.87. The third kappa shape index (κ3) is 2.30. The van der Waals surface area contributed by atoms with Crippen molar-refractivity contribution in [3.8, 4) is 0 Å². The molecule has 1 aliphatic heterocycles. The molecule has 2 aromatic rings. The summed E-state index contributed by atoms with van der Waals surface area (Å²) in [6.45, 7) is 5.65. The van der Waals surface area contributed by atoms with Gasteiger partial charge in [-0.3, -0.25) is 0 Å². The quantitative estimate of drug-likeness (QED) is 0.897. The molecular formula is C16H20N2O. The van der Waals surface area contributed by atoms with E-state index < -0.39 is 5.60 Å². The standard InChI is InChI=1S/C16H20N2O/c1-16(2,19)13-8-10-18(11-13)15-14-6-4-3-5-12(14)7-9-17-15/h3-7,9,13,19H,8,10-11H2,1-2H3. The zero-order valence-corrected chi connectivity index (χ0v) is 11.5. The molecule has 2 heterocycles. The van der Waals surface area contributed by atoms with Crippen LogP contribution in [0.4, 0.5) is 5.82 Å². The molecule has 3 rings (SSSR count). The number of aromatic nitrogens is 1. The maximum atomic E-state index is 10.1. The van der Waals surface area contributed by atoms with Gasteiger partial charge >= 0.3 is 0 Å². The molecule has 100 valence electrons. The van der Waals surface area contributed by atoms with E-state index in [4.69, 9.17) is 0 Å². The van der Waals surface area contributed by atoms with Gasteiger partial charge in [0.2, 0.25) is 0 Å². The first kappa shape index (κ1) is 12.4. The van der Waals surface area contributed by atoms with Gasteiger partial charge in [-0.05, 0) is 31.7 Å². The Labute approximate surface area is 113 Å². The van der Waals surface area contributed by atoms with Gasteiger partial charge in [0.1, 0.15) is 5.82 Å². The molecular weight excluding hydrogens is 236 g/mol. The Morgan fingerprint density at radius 3 is 2.79 bits per heavy atom. The normalized spacial score (nSPS) is 20.2. The van der Waals surface area contributed by atoms with E-state index in [-0.39, 0.29) is 0 Å². The predicted octanol–water partition coefficient (Wildman–Crippen LogP) is 2.83. The van der Waals surface area contributed by atoms with Crippen LogP contribution in [0.3, 0.4) is 0 Å². The van der Waals surface area contributed by atoms with Crippen molar-refractivity contribution in [2.75, 3.05) is 18.0 Å². The summed E-state index contributed by atoms with van der Waals surface area (Å²) in [5.41, 5.74) is -0.612. The van der Waals surface area contributed by atoms with Crippen LogP contribution < -0.4 is 4.90 Å². The van der Waals surface area contributed by atoms with Gasteiger partial charge in [-0.25, -0.2) is 4.98 Å². The van der Waals surface area contributed by atoms with Crippen molar-refractivity contribution in [2.45, 2.75) is 25.9 Å². The molecule has 0 radical (unpaired) electrons. The molecule has 1 aliphatic rings. The van der Waals surface area contributed by atoms with Crippen LogP contribution in [0.5, 0.6) is 0 Å². The van der Waals surface area contributed by atoms with Gasteiger partial charge in [0.05, 0.1) is 5.60 Å². The Morgan fingerprint density at radius 2 is 2.05 bits per heavy atom. The maximum absolute atomic E-state index is 10.1. The summed E-state index contributed by atoms with van der Waals surface area (Å²) in [5, 5.41) is 12.6. The molecule has 0 bridgehead atoms. The molecule has 1 atom stereocenters. The minimum absolute atomic E-state index is 0.313. The summed E-state index contributed by atoms with van der Waals surface area (Å²) in [6.07, 6.45) is 2.89. The molecule has 3 heteroatoms. The lowest BCUT2D eigenvalue weighted by molar-refractivity contribution is 0.0263. The zero-order valence-electron chi connectivity index (χ0n) is 11.5. The van der Waals surface area contributed by atoms with Crippen molar-refractivity contribution in [1.82, 2.24) is 4.98 Å². The lowest BCUT2D eigenvalue weighted by atomic mass is 9.90. The monoisotopic (exact) mass is 256 g/mol.